The first-order valence-electron chi connectivity index (χ1n) is 10.1. The molecule has 9 nitrogen and oxygen atoms in total. The SMILES string of the molecule is CCOC(=O)C1=C(CN2CCN(C(=O)C3CCCO3)CC2)NC(=O)NC1CC. The van der Waals surface area contributed by atoms with Crippen LogP contribution in [0.2, 0.25) is 0 Å². The lowest BCUT2D eigenvalue weighted by molar-refractivity contribution is -0.142. The summed E-state index contributed by atoms with van der Waals surface area (Å²) in [6.45, 7) is 7.66. The average Bonchev–Trinajstić information content (AvgIpc) is 3.22. The number of amides is 3. The van der Waals surface area contributed by atoms with E-state index in [-0.39, 0.29) is 30.7 Å². The minimum Gasteiger partial charge on any atom is -0.463 e. The first-order valence-corrected chi connectivity index (χ1v) is 10.1. The van der Waals surface area contributed by atoms with Crippen LogP contribution in [0.1, 0.15) is 33.1 Å². The molecule has 0 bridgehead atoms. The number of piperazine rings is 1. The van der Waals surface area contributed by atoms with Crippen LogP contribution >= 0.6 is 0 Å². The molecule has 3 aliphatic rings. The minimum atomic E-state index is -0.399. The van der Waals surface area contributed by atoms with E-state index in [1.54, 1.807) is 6.92 Å². The first kappa shape index (κ1) is 20.6. The van der Waals surface area contributed by atoms with E-state index in [0.29, 0.717) is 57.0 Å². The Morgan fingerprint density at radius 2 is 1.96 bits per heavy atom. The van der Waals surface area contributed by atoms with Gasteiger partial charge >= 0.3 is 12.0 Å². The molecule has 0 aromatic rings. The summed E-state index contributed by atoms with van der Waals surface area (Å²) >= 11 is 0. The Kier molecular flexibility index (Phi) is 6.90. The zero-order chi connectivity index (χ0) is 20.1. The van der Waals surface area contributed by atoms with Crippen molar-refractivity contribution in [3.63, 3.8) is 0 Å². The molecule has 0 aromatic heterocycles. The number of hydrogen-bond donors (Lipinski definition) is 2. The van der Waals surface area contributed by atoms with Crippen molar-refractivity contribution in [3.8, 4) is 0 Å². The van der Waals surface area contributed by atoms with Gasteiger partial charge < -0.3 is 25.0 Å². The van der Waals surface area contributed by atoms with Crippen LogP contribution in [-0.2, 0) is 19.1 Å². The van der Waals surface area contributed by atoms with Gasteiger partial charge in [0.1, 0.15) is 6.10 Å². The van der Waals surface area contributed by atoms with Gasteiger partial charge in [0.25, 0.3) is 5.91 Å². The van der Waals surface area contributed by atoms with E-state index < -0.39 is 5.97 Å². The van der Waals surface area contributed by atoms with Gasteiger partial charge in [-0.3, -0.25) is 9.69 Å². The van der Waals surface area contributed by atoms with Crippen molar-refractivity contribution in [3.05, 3.63) is 11.3 Å². The Labute approximate surface area is 165 Å². The van der Waals surface area contributed by atoms with Crippen molar-refractivity contribution >= 4 is 17.9 Å². The number of carbonyl (C=O) groups excluding carboxylic acids is 3. The highest BCUT2D eigenvalue weighted by Crippen LogP contribution is 2.20. The molecule has 3 aliphatic heterocycles. The van der Waals surface area contributed by atoms with E-state index in [9.17, 15) is 14.4 Å². The van der Waals surface area contributed by atoms with Crippen LogP contribution in [0.25, 0.3) is 0 Å². The second-order valence-electron chi connectivity index (χ2n) is 7.28. The third-order valence-corrected chi connectivity index (χ3v) is 5.42. The lowest BCUT2D eigenvalue weighted by atomic mass is 10.00. The molecule has 3 rings (SSSR count). The van der Waals surface area contributed by atoms with Crippen molar-refractivity contribution in [1.29, 1.82) is 0 Å². The van der Waals surface area contributed by atoms with Crippen LogP contribution in [0.5, 0.6) is 0 Å². The molecule has 2 atom stereocenters. The fourth-order valence-electron chi connectivity index (χ4n) is 3.91. The number of nitrogens with zero attached hydrogens (tertiary/aromatic N) is 2. The standard InChI is InChI=1S/C19H30N4O5/c1-3-13-16(18(25)27-4-2)14(21-19(26)20-13)12-22-7-9-23(10-8-22)17(24)15-6-5-11-28-15/h13,15H,3-12H2,1-2H3,(H2,20,21,26). The second-order valence-corrected chi connectivity index (χ2v) is 7.28. The molecule has 2 unspecified atom stereocenters. The van der Waals surface area contributed by atoms with E-state index in [2.05, 4.69) is 15.5 Å². The van der Waals surface area contributed by atoms with Crippen LogP contribution in [0.15, 0.2) is 11.3 Å². The van der Waals surface area contributed by atoms with Crippen molar-refractivity contribution in [2.45, 2.75) is 45.3 Å². The van der Waals surface area contributed by atoms with Crippen LogP contribution < -0.4 is 10.6 Å². The van der Waals surface area contributed by atoms with Crippen molar-refractivity contribution < 1.29 is 23.9 Å². The fourth-order valence-corrected chi connectivity index (χ4v) is 3.91. The number of ether oxygens (including phenoxy) is 2. The highest BCUT2D eigenvalue weighted by molar-refractivity contribution is 5.94. The van der Waals surface area contributed by atoms with Crippen molar-refractivity contribution in [2.75, 3.05) is 45.9 Å². The van der Waals surface area contributed by atoms with E-state index >= 15 is 0 Å². The number of hydrogen-bond acceptors (Lipinski definition) is 6. The smallest absolute Gasteiger partial charge is 0.337 e. The molecule has 2 fully saturated rings. The number of esters is 1. The maximum atomic E-state index is 12.5. The van der Waals surface area contributed by atoms with E-state index in [4.69, 9.17) is 9.47 Å². The highest BCUT2D eigenvalue weighted by Gasteiger charge is 2.34. The minimum absolute atomic E-state index is 0.0739. The molecule has 28 heavy (non-hydrogen) atoms. The van der Waals surface area contributed by atoms with Gasteiger partial charge in [0.2, 0.25) is 0 Å². The van der Waals surface area contributed by atoms with Gasteiger partial charge in [-0.1, -0.05) is 6.92 Å². The Morgan fingerprint density at radius 1 is 1.21 bits per heavy atom. The molecule has 3 amide bonds. The zero-order valence-electron chi connectivity index (χ0n) is 16.7. The summed E-state index contributed by atoms with van der Waals surface area (Å²) in [7, 11) is 0. The van der Waals surface area contributed by atoms with Crippen LogP contribution in [0.4, 0.5) is 4.79 Å². The van der Waals surface area contributed by atoms with E-state index in [0.717, 1.165) is 12.8 Å². The predicted octanol–water partition coefficient (Wildman–Crippen LogP) is 0.218. The molecule has 156 valence electrons. The molecule has 2 N–H and O–H groups in total. The summed E-state index contributed by atoms with van der Waals surface area (Å²) in [5, 5.41) is 5.56. The Morgan fingerprint density at radius 3 is 2.57 bits per heavy atom. The van der Waals surface area contributed by atoms with Crippen LogP contribution in [-0.4, -0.2) is 85.8 Å². The van der Waals surface area contributed by atoms with Crippen LogP contribution in [0.3, 0.4) is 0 Å². The predicted molar refractivity (Wildman–Crippen MR) is 101 cm³/mol. The van der Waals surface area contributed by atoms with E-state index in [1.807, 2.05) is 11.8 Å². The summed E-state index contributed by atoms with van der Waals surface area (Å²) in [6, 6.07) is -0.660. The van der Waals surface area contributed by atoms with Gasteiger partial charge in [-0.05, 0) is 26.2 Å². The summed E-state index contributed by atoms with van der Waals surface area (Å²) in [5.74, 6) is -0.325. The number of urea groups is 1. The zero-order valence-corrected chi connectivity index (χ0v) is 16.7. The topological polar surface area (TPSA) is 100 Å². The third-order valence-electron chi connectivity index (χ3n) is 5.42. The fraction of sp³-hybridized carbons (Fsp3) is 0.737. The summed E-state index contributed by atoms with van der Waals surface area (Å²) in [6.07, 6.45) is 2.05. The maximum absolute atomic E-state index is 12.5. The largest absolute Gasteiger partial charge is 0.463 e. The van der Waals surface area contributed by atoms with E-state index in [1.165, 1.54) is 0 Å². The quantitative estimate of drug-likeness (QED) is 0.625. The molecule has 0 radical (unpaired) electrons. The monoisotopic (exact) mass is 394 g/mol. The van der Waals surface area contributed by atoms with Gasteiger partial charge in [0.15, 0.2) is 0 Å². The van der Waals surface area contributed by atoms with Gasteiger partial charge in [-0.15, -0.1) is 0 Å². The third kappa shape index (κ3) is 4.64. The van der Waals surface area contributed by atoms with Gasteiger partial charge in [0.05, 0.1) is 18.2 Å². The Bertz CT molecular complexity index is 636. The lowest BCUT2D eigenvalue weighted by Gasteiger charge is -2.37. The average molecular weight is 394 g/mol. The number of carbonyl (C=O) groups is 3. The molecular weight excluding hydrogens is 364 g/mol. The van der Waals surface area contributed by atoms with Gasteiger partial charge in [-0.25, -0.2) is 9.59 Å². The molecule has 2 saturated heterocycles. The summed E-state index contributed by atoms with van der Waals surface area (Å²) in [5.41, 5.74) is 1.08. The molecule has 9 heteroatoms. The maximum Gasteiger partial charge on any atom is 0.337 e. The Hall–Kier alpha value is -2.13. The molecule has 0 spiro atoms. The molecule has 3 heterocycles. The highest BCUT2D eigenvalue weighted by atomic mass is 16.5. The van der Waals surface area contributed by atoms with Crippen LogP contribution in [0, 0.1) is 0 Å². The van der Waals surface area contributed by atoms with Crippen molar-refractivity contribution in [2.24, 2.45) is 0 Å². The second kappa shape index (κ2) is 9.38. The van der Waals surface area contributed by atoms with Crippen molar-refractivity contribution in [1.82, 2.24) is 20.4 Å². The number of rotatable bonds is 6. The van der Waals surface area contributed by atoms with Gasteiger partial charge in [0, 0.05) is 45.0 Å². The number of nitrogens with one attached hydrogen (secondary N) is 2. The summed E-state index contributed by atoms with van der Waals surface area (Å²) in [4.78, 5) is 40.9. The normalized spacial score (nSPS) is 26.1. The molecule has 0 aliphatic carbocycles. The molecule has 0 saturated carbocycles. The Balaban J connectivity index is 1.64. The summed E-state index contributed by atoms with van der Waals surface area (Å²) < 4.78 is 10.7. The lowest BCUT2D eigenvalue weighted by Crippen LogP contribution is -2.55. The molecular formula is C19H30N4O5. The first-order chi connectivity index (χ1) is 13.5. The molecule has 0 aromatic carbocycles. The van der Waals surface area contributed by atoms with Gasteiger partial charge in [-0.2, -0.15) is 0 Å².